The highest BCUT2D eigenvalue weighted by molar-refractivity contribution is 4.93. The molecule has 0 amide bonds. The minimum absolute atomic E-state index is 0.421. The van der Waals surface area contributed by atoms with Crippen molar-refractivity contribution in [3.05, 3.63) is 0 Å². The highest BCUT2D eigenvalue weighted by atomic mass is 15.3. The third kappa shape index (κ3) is 4.15. The van der Waals surface area contributed by atoms with Crippen molar-refractivity contribution in [1.29, 1.82) is 0 Å². The maximum atomic E-state index is 3.54. The number of likely N-dealkylation sites (N-methyl/N-ethyl adjacent to an activating group) is 1. The Morgan fingerprint density at radius 1 is 1.16 bits per heavy atom. The van der Waals surface area contributed by atoms with E-state index < -0.39 is 0 Å². The van der Waals surface area contributed by atoms with Crippen LogP contribution >= 0.6 is 0 Å². The lowest BCUT2D eigenvalue weighted by Gasteiger charge is -2.48. The summed E-state index contributed by atoms with van der Waals surface area (Å²) in [4.78, 5) is 7.64. The lowest BCUT2D eigenvalue weighted by Crippen LogP contribution is -2.59. The van der Waals surface area contributed by atoms with Crippen LogP contribution in [-0.2, 0) is 0 Å². The van der Waals surface area contributed by atoms with Gasteiger partial charge in [-0.05, 0) is 32.5 Å². The lowest BCUT2D eigenvalue weighted by molar-refractivity contribution is 0.0199. The van der Waals surface area contributed by atoms with E-state index >= 15 is 0 Å². The Morgan fingerprint density at radius 2 is 1.84 bits per heavy atom. The summed E-state index contributed by atoms with van der Waals surface area (Å²) in [6.07, 6.45) is 1.31. The molecule has 0 aromatic heterocycles. The molecule has 2 fully saturated rings. The first-order chi connectivity index (χ1) is 8.99. The summed E-state index contributed by atoms with van der Waals surface area (Å²) in [5, 5.41) is 3.54. The van der Waals surface area contributed by atoms with Crippen LogP contribution in [0.1, 0.15) is 20.3 Å². The Morgan fingerprint density at radius 3 is 2.42 bits per heavy atom. The van der Waals surface area contributed by atoms with E-state index in [1.165, 1.54) is 58.8 Å². The number of nitrogens with one attached hydrogen (secondary N) is 1. The number of rotatable bonds is 4. The van der Waals surface area contributed by atoms with E-state index in [4.69, 9.17) is 0 Å². The van der Waals surface area contributed by atoms with Crippen LogP contribution < -0.4 is 5.32 Å². The summed E-state index contributed by atoms with van der Waals surface area (Å²) in [6, 6.07) is 0.768. The molecule has 0 spiro atoms. The van der Waals surface area contributed by atoms with Crippen molar-refractivity contribution in [1.82, 2.24) is 20.0 Å². The quantitative estimate of drug-likeness (QED) is 0.804. The predicted octanol–water partition coefficient (Wildman–Crippen LogP) is 0.554. The van der Waals surface area contributed by atoms with Crippen LogP contribution in [0.4, 0.5) is 0 Å². The zero-order valence-corrected chi connectivity index (χ0v) is 13.3. The van der Waals surface area contributed by atoms with Gasteiger partial charge < -0.3 is 10.2 Å². The minimum atomic E-state index is 0.421. The van der Waals surface area contributed by atoms with Crippen LogP contribution in [0, 0.1) is 5.41 Å². The zero-order chi connectivity index (χ0) is 13.9. The summed E-state index contributed by atoms with van der Waals surface area (Å²) in [7, 11) is 4.32. The van der Waals surface area contributed by atoms with Gasteiger partial charge in [0.05, 0.1) is 0 Å². The number of hydrogen-bond acceptors (Lipinski definition) is 4. The topological polar surface area (TPSA) is 21.8 Å². The summed E-state index contributed by atoms with van der Waals surface area (Å²) in [5.74, 6) is 0. The number of piperazine rings is 1. The second-order valence-electron chi connectivity index (χ2n) is 7.15. The molecular formula is C15H32N4. The molecule has 2 aliphatic rings. The average molecular weight is 268 g/mol. The monoisotopic (exact) mass is 268 g/mol. The van der Waals surface area contributed by atoms with Crippen molar-refractivity contribution in [3.63, 3.8) is 0 Å². The summed E-state index contributed by atoms with van der Waals surface area (Å²) < 4.78 is 0. The summed E-state index contributed by atoms with van der Waals surface area (Å²) in [5.41, 5.74) is 0.421. The van der Waals surface area contributed by atoms with Gasteiger partial charge in [0.15, 0.2) is 0 Å². The maximum absolute atomic E-state index is 3.54. The van der Waals surface area contributed by atoms with Gasteiger partial charge in [0, 0.05) is 51.9 Å². The highest BCUT2D eigenvalue weighted by Gasteiger charge is 2.37. The van der Waals surface area contributed by atoms with Crippen LogP contribution in [-0.4, -0.2) is 87.2 Å². The van der Waals surface area contributed by atoms with Gasteiger partial charge >= 0.3 is 0 Å². The molecule has 1 atom stereocenters. The smallest absolute Gasteiger partial charge is 0.0172 e. The van der Waals surface area contributed by atoms with Crippen molar-refractivity contribution in [2.75, 3.05) is 66.5 Å². The zero-order valence-electron chi connectivity index (χ0n) is 13.3. The van der Waals surface area contributed by atoms with E-state index in [1.807, 2.05) is 0 Å². The molecule has 1 N–H and O–H groups in total. The van der Waals surface area contributed by atoms with Crippen LogP contribution in [0.2, 0.25) is 0 Å². The standard InChI is InChI=1S/C15H32N4/c1-15(2)13-16-6-5-14(15)19-11-9-18(10-12-19)8-7-17(3)4/h14,16H,5-13H2,1-4H3. The number of nitrogens with zero attached hydrogens (tertiary/aromatic N) is 3. The Labute approximate surface area is 119 Å². The maximum Gasteiger partial charge on any atom is 0.0172 e. The largest absolute Gasteiger partial charge is 0.316 e. The van der Waals surface area contributed by atoms with Crippen LogP contribution in [0.5, 0.6) is 0 Å². The van der Waals surface area contributed by atoms with Crippen molar-refractivity contribution in [2.24, 2.45) is 5.41 Å². The first-order valence-electron chi connectivity index (χ1n) is 7.81. The number of hydrogen-bond donors (Lipinski definition) is 1. The predicted molar refractivity (Wildman–Crippen MR) is 81.6 cm³/mol. The molecule has 4 heteroatoms. The van der Waals surface area contributed by atoms with E-state index in [0.717, 1.165) is 6.04 Å². The molecule has 0 aliphatic carbocycles. The van der Waals surface area contributed by atoms with Gasteiger partial charge in [0.1, 0.15) is 0 Å². The SMILES string of the molecule is CN(C)CCN1CCN(C2CCNCC2(C)C)CC1. The molecule has 0 radical (unpaired) electrons. The van der Waals surface area contributed by atoms with Gasteiger partial charge in [-0.1, -0.05) is 13.8 Å². The van der Waals surface area contributed by atoms with E-state index in [-0.39, 0.29) is 0 Å². The average Bonchev–Trinajstić information content (AvgIpc) is 2.37. The third-order valence-electron chi connectivity index (χ3n) is 4.79. The van der Waals surface area contributed by atoms with E-state index in [1.54, 1.807) is 0 Å². The van der Waals surface area contributed by atoms with Gasteiger partial charge in [0.25, 0.3) is 0 Å². The van der Waals surface area contributed by atoms with Gasteiger partial charge in [0.2, 0.25) is 0 Å². The molecule has 0 aromatic carbocycles. The number of piperidine rings is 1. The fourth-order valence-electron chi connectivity index (χ4n) is 3.47. The molecule has 2 saturated heterocycles. The van der Waals surface area contributed by atoms with E-state index in [2.05, 4.69) is 48.0 Å². The van der Waals surface area contributed by atoms with Crippen molar-refractivity contribution < 1.29 is 0 Å². The molecule has 2 heterocycles. The van der Waals surface area contributed by atoms with Crippen molar-refractivity contribution in [3.8, 4) is 0 Å². The molecule has 0 saturated carbocycles. The molecule has 19 heavy (non-hydrogen) atoms. The molecule has 2 rings (SSSR count). The normalized spacial score (nSPS) is 29.8. The van der Waals surface area contributed by atoms with E-state index in [0.29, 0.717) is 5.41 Å². The third-order valence-corrected chi connectivity index (χ3v) is 4.79. The molecule has 0 bridgehead atoms. The molecular weight excluding hydrogens is 236 g/mol. The Hall–Kier alpha value is -0.160. The summed E-state index contributed by atoms with van der Waals surface area (Å²) >= 11 is 0. The molecule has 1 unspecified atom stereocenters. The van der Waals surface area contributed by atoms with Gasteiger partial charge in [-0.25, -0.2) is 0 Å². The highest BCUT2D eigenvalue weighted by Crippen LogP contribution is 2.30. The van der Waals surface area contributed by atoms with Crippen molar-refractivity contribution >= 4 is 0 Å². The van der Waals surface area contributed by atoms with Gasteiger partial charge in [-0.15, -0.1) is 0 Å². The fraction of sp³-hybridized carbons (Fsp3) is 1.00. The summed E-state index contributed by atoms with van der Waals surface area (Å²) in [6.45, 7) is 14.6. The van der Waals surface area contributed by atoms with Crippen LogP contribution in [0.25, 0.3) is 0 Å². The first kappa shape index (κ1) is 15.2. The van der Waals surface area contributed by atoms with Gasteiger partial charge in [-0.2, -0.15) is 0 Å². The molecule has 112 valence electrons. The Bertz CT molecular complexity index is 269. The molecule has 4 nitrogen and oxygen atoms in total. The Kier molecular flexibility index (Phi) is 5.23. The Balaban J connectivity index is 1.79. The minimum Gasteiger partial charge on any atom is -0.316 e. The van der Waals surface area contributed by atoms with E-state index in [9.17, 15) is 0 Å². The van der Waals surface area contributed by atoms with Crippen molar-refractivity contribution in [2.45, 2.75) is 26.3 Å². The lowest BCUT2D eigenvalue weighted by atomic mass is 9.79. The first-order valence-corrected chi connectivity index (χ1v) is 7.81. The molecule has 0 aromatic rings. The molecule has 2 aliphatic heterocycles. The van der Waals surface area contributed by atoms with Gasteiger partial charge in [-0.3, -0.25) is 9.80 Å². The fourth-order valence-corrected chi connectivity index (χ4v) is 3.47. The van der Waals surface area contributed by atoms with Crippen LogP contribution in [0.15, 0.2) is 0 Å². The second-order valence-corrected chi connectivity index (χ2v) is 7.15. The van der Waals surface area contributed by atoms with Crippen LogP contribution in [0.3, 0.4) is 0 Å². The second kappa shape index (κ2) is 6.53.